The molecule has 2 amide bonds. The Hall–Kier alpha value is -3.22. The van der Waals surface area contributed by atoms with E-state index in [0.717, 1.165) is 17.7 Å². The lowest BCUT2D eigenvalue weighted by Gasteiger charge is -2.32. The van der Waals surface area contributed by atoms with Crippen LogP contribution in [0.15, 0.2) is 42.5 Å². The molecule has 3 rings (SSSR count). The maximum Gasteiger partial charge on any atom is 0.258 e. The van der Waals surface area contributed by atoms with E-state index in [1.54, 1.807) is 37.3 Å². The quantitative estimate of drug-likeness (QED) is 0.702. The summed E-state index contributed by atoms with van der Waals surface area (Å²) in [4.78, 5) is 27.0. The number of likely N-dealkylation sites (tertiary alicyclic amines) is 1. The van der Waals surface area contributed by atoms with Crippen LogP contribution in [0.5, 0.6) is 17.2 Å². The number of amides is 2. The lowest BCUT2D eigenvalue weighted by atomic mass is 10.0. The van der Waals surface area contributed by atoms with Crippen LogP contribution in [0.2, 0.25) is 0 Å². The highest BCUT2D eigenvalue weighted by Crippen LogP contribution is 2.24. The van der Waals surface area contributed by atoms with E-state index in [4.69, 9.17) is 14.2 Å². The van der Waals surface area contributed by atoms with Crippen molar-refractivity contribution in [2.45, 2.75) is 32.2 Å². The monoisotopic (exact) mass is 426 g/mol. The number of carbonyl (C=O) groups excluding carboxylic acids is 2. The van der Waals surface area contributed by atoms with Gasteiger partial charge in [-0.2, -0.15) is 0 Å². The minimum absolute atomic E-state index is 0.0141. The number of hydrogen-bond acceptors (Lipinski definition) is 5. The average Bonchev–Trinajstić information content (AvgIpc) is 2.82. The van der Waals surface area contributed by atoms with Crippen molar-refractivity contribution in [3.05, 3.63) is 53.6 Å². The van der Waals surface area contributed by atoms with Gasteiger partial charge in [0.2, 0.25) is 0 Å². The molecule has 166 valence electrons. The van der Waals surface area contributed by atoms with E-state index in [-0.39, 0.29) is 24.5 Å². The highest BCUT2D eigenvalue weighted by atomic mass is 16.5. The number of piperidine rings is 1. The van der Waals surface area contributed by atoms with Crippen molar-refractivity contribution in [1.82, 2.24) is 10.2 Å². The van der Waals surface area contributed by atoms with Gasteiger partial charge in [0.15, 0.2) is 6.61 Å². The van der Waals surface area contributed by atoms with Gasteiger partial charge in [-0.25, -0.2) is 0 Å². The van der Waals surface area contributed by atoms with Crippen LogP contribution in [0.4, 0.5) is 0 Å². The highest BCUT2D eigenvalue weighted by molar-refractivity contribution is 5.95. The van der Waals surface area contributed by atoms with E-state index >= 15 is 0 Å². The smallest absolute Gasteiger partial charge is 0.258 e. The predicted molar refractivity (Wildman–Crippen MR) is 118 cm³/mol. The molecular weight excluding hydrogens is 396 g/mol. The number of nitrogens with zero attached hydrogens (tertiary/aromatic N) is 1. The van der Waals surface area contributed by atoms with Crippen molar-refractivity contribution < 1.29 is 23.8 Å². The van der Waals surface area contributed by atoms with E-state index in [1.807, 2.05) is 24.3 Å². The van der Waals surface area contributed by atoms with Crippen molar-refractivity contribution >= 4 is 11.8 Å². The Morgan fingerprint density at radius 2 is 1.68 bits per heavy atom. The molecule has 1 saturated heterocycles. The fourth-order valence-electron chi connectivity index (χ4n) is 3.69. The summed E-state index contributed by atoms with van der Waals surface area (Å²) in [6, 6.07) is 12.9. The molecule has 1 fully saturated rings. The van der Waals surface area contributed by atoms with Gasteiger partial charge in [-0.3, -0.25) is 9.59 Å². The number of methoxy groups -OCH3 is 2. The topological polar surface area (TPSA) is 77.1 Å². The summed E-state index contributed by atoms with van der Waals surface area (Å²) in [5.41, 5.74) is 1.61. The largest absolute Gasteiger partial charge is 0.497 e. The first-order valence-electron chi connectivity index (χ1n) is 10.6. The Morgan fingerprint density at radius 1 is 1.03 bits per heavy atom. The van der Waals surface area contributed by atoms with Crippen LogP contribution in [0.25, 0.3) is 0 Å². The molecular formula is C24H30N2O5. The molecule has 1 heterocycles. The first-order chi connectivity index (χ1) is 15.0. The summed E-state index contributed by atoms with van der Waals surface area (Å²) in [5, 5.41) is 3.02. The molecule has 1 N–H and O–H groups in total. The first kappa shape index (κ1) is 22.5. The normalized spacial score (nSPS) is 14.1. The van der Waals surface area contributed by atoms with Crippen LogP contribution >= 0.6 is 0 Å². The summed E-state index contributed by atoms with van der Waals surface area (Å²) in [7, 11) is 3.11. The van der Waals surface area contributed by atoms with Gasteiger partial charge in [0.1, 0.15) is 17.2 Å². The molecule has 0 unspecified atom stereocenters. The third-order valence-corrected chi connectivity index (χ3v) is 5.46. The second-order valence-corrected chi connectivity index (χ2v) is 7.49. The maximum atomic E-state index is 12.9. The summed E-state index contributed by atoms with van der Waals surface area (Å²) in [6.45, 7) is 3.18. The fraction of sp³-hybridized carbons (Fsp3) is 0.417. The Bertz CT molecular complexity index is 884. The number of aryl methyl sites for hydroxylation is 1. The molecule has 0 atom stereocenters. The van der Waals surface area contributed by atoms with Crippen LogP contribution < -0.4 is 19.5 Å². The number of ether oxygens (including phenoxy) is 3. The standard InChI is InChI=1S/C24H30N2O5/c1-4-17-7-5-6-8-22(17)31-16-23(27)25-19-9-11-26(12-10-19)24(28)18-13-20(29-2)15-21(14-18)30-3/h5-8,13-15,19H,4,9-12,16H2,1-3H3,(H,25,27). The van der Waals surface area contributed by atoms with Crippen molar-refractivity contribution in [1.29, 1.82) is 0 Å². The van der Waals surface area contributed by atoms with Gasteiger partial charge in [-0.05, 0) is 43.0 Å². The zero-order chi connectivity index (χ0) is 22.2. The summed E-state index contributed by atoms with van der Waals surface area (Å²) < 4.78 is 16.2. The van der Waals surface area contributed by atoms with E-state index in [1.165, 1.54) is 0 Å². The maximum absolute atomic E-state index is 12.9. The highest BCUT2D eigenvalue weighted by Gasteiger charge is 2.25. The zero-order valence-corrected chi connectivity index (χ0v) is 18.3. The van der Waals surface area contributed by atoms with E-state index in [9.17, 15) is 9.59 Å². The van der Waals surface area contributed by atoms with Gasteiger partial charge < -0.3 is 24.4 Å². The molecule has 0 radical (unpaired) electrons. The third-order valence-electron chi connectivity index (χ3n) is 5.46. The molecule has 2 aromatic rings. The summed E-state index contributed by atoms with van der Waals surface area (Å²) in [6.07, 6.45) is 2.25. The third kappa shape index (κ3) is 5.90. The zero-order valence-electron chi connectivity index (χ0n) is 18.3. The molecule has 31 heavy (non-hydrogen) atoms. The molecule has 7 heteroatoms. The number of carbonyl (C=O) groups is 2. The van der Waals surface area contributed by atoms with Crippen molar-refractivity contribution in [2.75, 3.05) is 33.9 Å². The van der Waals surface area contributed by atoms with Crippen LogP contribution in [0, 0.1) is 0 Å². The minimum Gasteiger partial charge on any atom is -0.497 e. The molecule has 1 aliphatic heterocycles. The van der Waals surface area contributed by atoms with Gasteiger partial charge in [0, 0.05) is 30.8 Å². The van der Waals surface area contributed by atoms with Crippen LogP contribution in [-0.4, -0.2) is 56.7 Å². The Labute approximate surface area is 183 Å². The first-order valence-corrected chi connectivity index (χ1v) is 10.6. The number of benzene rings is 2. The number of para-hydroxylation sites is 1. The van der Waals surface area contributed by atoms with Crippen molar-refractivity contribution in [3.8, 4) is 17.2 Å². The molecule has 7 nitrogen and oxygen atoms in total. The average molecular weight is 427 g/mol. The van der Waals surface area contributed by atoms with Gasteiger partial charge in [0.25, 0.3) is 11.8 Å². The lowest BCUT2D eigenvalue weighted by molar-refractivity contribution is -0.124. The molecule has 1 aliphatic rings. The molecule has 0 aliphatic carbocycles. The second kappa shape index (κ2) is 10.7. The number of hydrogen-bond donors (Lipinski definition) is 1. The predicted octanol–water partition coefficient (Wildman–Crippen LogP) is 3.07. The molecule has 0 aromatic heterocycles. The van der Waals surface area contributed by atoms with Crippen LogP contribution in [0.3, 0.4) is 0 Å². The molecule has 2 aromatic carbocycles. The molecule has 0 bridgehead atoms. The second-order valence-electron chi connectivity index (χ2n) is 7.49. The van der Waals surface area contributed by atoms with Gasteiger partial charge in [0.05, 0.1) is 14.2 Å². The van der Waals surface area contributed by atoms with Gasteiger partial charge in [-0.15, -0.1) is 0 Å². The number of nitrogens with one attached hydrogen (secondary N) is 1. The molecule has 0 saturated carbocycles. The fourth-order valence-corrected chi connectivity index (χ4v) is 3.69. The SMILES string of the molecule is CCc1ccccc1OCC(=O)NC1CCN(C(=O)c2cc(OC)cc(OC)c2)CC1. The summed E-state index contributed by atoms with van der Waals surface area (Å²) >= 11 is 0. The van der Waals surface area contributed by atoms with E-state index in [2.05, 4.69) is 12.2 Å². The van der Waals surface area contributed by atoms with Crippen molar-refractivity contribution in [3.63, 3.8) is 0 Å². The Morgan fingerprint density at radius 3 is 2.29 bits per heavy atom. The number of rotatable bonds is 8. The van der Waals surface area contributed by atoms with E-state index < -0.39 is 0 Å². The summed E-state index contributed by atoms with van der Waals surface area (Å²) in [5.74, 6) is 1.69. The minimum atomic E-state index is -0.145. The van der Waals surface area contributed by atoms with E-state index in [0.29, 0.717) is 43.0 Å². The van der Waals surface area contributed by atoms with Gasteiger partial charge >= 0.3 is 0 Å². The lowest BCUT2D eigenvalue weighted by Crippen LogP contribution is -2.47. The Balaban J connectivity index is 1.49. The van der Waals surface area contributed by atoms with Crippen LogP contribution in [0.1, 0.15) is 35.7 Å². The Kier molecular flexibility index (Phi) is 7.76. The van der Waals surface area contributed by atoms with Gasteiger partial charge in [-0.1, -0.05) is 25.1 Å². The molecule has 0 spiro atoms. The van der Waals surface area contributed by atoms with Crippen molar-refractivity contribution in [2.24, 2.45) is 0 Å². The van der Waals surface area contributed by atoms with Crippen LogP contribution in [-0.2, 0) is 11.2 Å².